The third kappa shape index (κ3) is 5.59. The number of aliphatic hydroxyl groups is 2. The Morgan fingerprint density at radius 3 is 2.62 bits per heavy atom. The highest BCUT2D eigenvalue weighted by molar-refractivity contribution is 6.18. The van der Waals surface area contributed by atoms with Gasteiger partial charge >= 0.3 is 17.9 Å². The molecule has 3 saturated heterocycles. The van der Waals surface area contributed by atoms with Gasteiger partial charge in [-0.05, 0) is 25.7 Å². The van der Waals surface area contributed by atoms with Crippen LogP contribution in [-0.4, -0.2) is 90.4 Å². The summed E-state index contributed by atoms with van der Waals surface area (Å²) in [6.07, 6.45) is -3.09. The topological polar surface area (TPSA) is 138 Å². The number of ether oxygens (including phenoxy) is 5. The Hall–Kier alpha value is -1.98. The highest BCUT2D eigenvalue weighted by atomic mass is 35.5. The molecule has 0 aromatic rings. The van der Waals surface area contributed by atoms with Crippen LogP contribution in [0.4, 0.5) is 0 Å². The van der Waals surface area contributed by atoms with E-state index in [-0.39, 0.29) is 29.6 Å². The highest BCUT2D eigenvalue weighted by Crippen LogP contribution is 2.48. The second-order valence-corrected chi connectivity index (χ2v) is 10.2. The Morgan fingerprint density at radius 2 is 2.05 bits per heavy atom. The molecule has 0 radical (unpaired) electrons. The Bertz CT molecular complexity index is 919. The summed E-state index contributed by atoms with van der Waals surface area (Å²) in [6.45, 7) is 8.99. The summed E-state index contributed by atoms with van der Waals surface area (Å²) in [7, 11) is 1.23. The van der Waals surface area contributed by atoms with Crippen molar-refractivity contribution in [1.29, 1.82) is 0 Å². The molecule has 0 aromatic carbocycles. The lowest BCUT2D eigenvalue weighted by atomic mass is 9.76. The number of esters is 3. The van der Waals surface area contributed by atoms with E-state index in [9.17, 15) is 24.6 Å². The van der Waals surface area contributed by atoms with Crippen LogP contribution in [0, 0.1) is 17.8 Å². The third-order valence-corrected chi connectivity index (χ3v) is 8.23. The first kappa shape index (κ1) is 29.6. The Kier molecular flexibility index (Phi) is 9.79. The van der Waals surface area contributed by atoms with Crippen molar-refractivity contribution in [1.82, 2.24) is 0 Å². The molecule has 0 aliphatic carbocycles. The van der Waals surface area contributed by atoms with Gasteiger partial charge < -0.3 is 33.9 Å². The van der Waals surface area contributed by atoms with E-state index in [0.717, 1.165) is 6.42 Å². The maximum absolute atomic E-state index is 13.3. The van der Waals surface area contributed by atoms with Gasteiger partial charge in [0.25, 0.3) is 0 Å². The first-order valence-corrected chi connectivity index (χ1v) is 13.1. The van der Waals surface area contributed by atoms with E-state index in [2.05, 4.69) is 6.58 Å². The molecule has 2 N–H and O–H groups in total. The monoisotopic (exact) mass is 544 g/mol. The van der Waals surface area contributed by atoms with Gasteiger partial charge in [0.1, 0.15) is 35.9 Å². The van der Waals surface area contributed by atoms with Gasteiger partial charge in [-0.1, -0.05) is 32.9 Å². The smallest absolute Gasteiger partial charge is 0.336 e. The van der Waals surface area contributed by atoms with Crippen molar-refractivity contribution in [2.45, 2.75) is 76.2 Å². The second-order valence-electron chi connectivity index (χ2n) is 9.96. The van der Waals surface area contributed by atoms with Crippen LogP contribution < -0.4 is 0 Å². The van der Waals surface area contributed by atoms with E-state index in [1.807, 2.05) is 13.8 Å². The van der Waals surface area contributed by atoms with Crippen LogP contribution in [0.15, 0.2) is 23.8 Å². The summed E-state index contributed by atoms with van der Waals surface area (Å²) < 4.78 is 29.1. The van der Waals surface area contributed by atoms with E-state index in [1.54, 1.807) is 6.92 Å². The van der Waals surface area contributed by atoms with Gasteiger partial charge in [0.05, 0.1) is 37.2 Å². The van der Waals surface area contributed by atoms with Crippen molar-refractivity contribution in [2.75, 3.05) is 26.2 Å². The quantitative estimate of drug-likeness (QED) is 0.191. The van der Waals surface area contributed by atoms with Gasteiger partial charge in [0.15, 0.2) is 0 Å². The van der Waals surface area contributed by atoms with E-state index in [4.69, 9.17) is 35.3 Å². The zero-order valence-corrected chi connectivity index (χ0v) is 22.4. The van der Waals surface area contributed by atoms with Gasteiger partial charge in [-0.2, -0.15) is 0 Å². The highest BCUT2D eigenvalue weighted by Gasteiger charge is 2.63. The maximum Gasteiger partial charge on any atom is 0.336 e. The molecular weight excluding hydrogens is 508 g/mol. The van der Waals surface area contributed by atoms with Gasteiger partial charge in [-0.15, -0.1) is 11.6 Å². The maximum atomic E-state index is 13.3. The van der Waals surface area contributed by atoms with Crippen LogP contribution in [0.25, 0.3) is 0 Å². The number of halogens is 1. The lowest BCUT2D eigenvalue weighted by Crippen LogP contribution is -2.55. The molecule has 10 nitrogen and oxygen atoms in total. The normalized spacial score (nSPS) is 36.6. The molecule has 3 aliphatic rings. The fraction of sp³-hybridized carbons (Fsp3) is 0.731. The standard InChI is InChI=1S/C26H37ClO10/c1-6-13(3)11-34-19-18(25(32)33-5)16-8-9-26(12-27,37-16)22(29)21-17(14(4)23(30)36-21)20(19)35-24(31)15(7-2)10-28/h7,13,16-22,28-29H,4,6,8-12H2,1-3,5H3. The molecule has 0 saturated carbocycles. The van der Waals surface area contributed by atoms with Crippen LogP contribution in [0.1, 0.15) is 40.0 Å². The molecule has 3 heterocycles. The second kappa shape index (κ2) is 12.3. The molecule has 9 unspecified atom stereocenters. The number of rotatable bonds is 9. The molecule has 0 amide bonds. The summed E-state index contributed by atoms with van der Waals surface area (Å²) in [5, 5.41) is 21.1. The number of alkyl halides is 1. The molecular formula is C26H37ClO10. The first-order valence-electron chi connectivity index (χ1n) is 12.6. The number of aliphatic hydroxyl groups excluding tert-OH is 2. The summed E-state index contributed by atoms with van der Waals surface area (Å²) in [5.74, 6) is -4.53. The van der Waals surface area contributed by atoms with E-state index in [1.165, 1.54) is 13.2 Å². The van der Waals surface area contributed by atoms with E-state index in [0.29, 0.717) is 12.8 Å². The predicted molar refractivity (Wildman–Crippen MR) is 131 cm³/mol. The zero-order valence-electron chi connectivity index (χ0n) is 21.7. The number of allylic oxidation sites excluding steroid dienone is 1. The van der Waals surface area contributed by atoms with Crippen molar-refractivity contribution in [3.63, 3.8) is 0 Å². The van der Waals surface area contributed by atoms with Crippen LogP contribution in [0.5, 0.6) is 0 Å². The minimum atomic E-state index is -1.41. The molecule has 0 spiro atoms. The fourth-order valence-corrected chi connectivity index (χ4v) is 5.61. The number of hydrogen-bond acceptors (Lipinski definition) is 10. The molecule has 3 aliphatic heterocycles. The van der Waals surface area contributed by atoms with E-state index < -0.39 is 72.5 Å². The minimum absolute atomic E-state index is 0.0295. The molecule has 37 heavy (non-hydrogen) atoms. The molecule has 2 bridgehead atoms. The van der Waals surface area contributed by atoms with Gasteiger partial charge in [0.2, 0.25) is 0 Å². The molecule has 11 heteroatoms. The average Bonchev–Trinajstić information content (AvgIpc) is 3.46. The van der Waals surface area contributed by atoms with Crippen molar-refractivity contribution in [3.8, 4) is 0 Å². The van der Waals surface area contributed by atoms with Crippen LogP contribution >= 0.6 is 11.6 Å². The zero-order chi connectivity index (χ0) is 27.5. The van der Waals surface area contributed by atoms with Crippen LogP contribution in [0.3, 0.4) is 0 Å². The molecule has 208 valence electrons. The lowest BCUT2D eigenvalue weighted by Gasteiger charge is -2.38. The van der Waals surface area contributed by atoms with Crippen molar-refractivity contribution < 1.29 is 48.3 Å². The van der Waals surface area contributed by atoms with Crippen LogP contribution in [0.2, 0.25) is 0 Å². The first-order chi connectivity index (χ1) is 17.6. The number of hydrogen-bond donors (Lipinski definition) is 2. The molecule has 0 aromatic heterocycles. The summed E-state index contributed by atoms with van der Waals surface area (Å²) in [5.41, 5.74) is -1.40. The van der Waals surface area contributed by atoms with E-state index >= 15 is 0 Å². The molecule has 3 rings (SSSR count). The Morgan fingerprint density at radius 1 is 1.35 bits per heavy atom. The molecule has 9 atom stereocenters. The van der Waals surface area contributed by atoms with Crippen molar-refractivity contribution in [2.24, 2.45) is 17.8 Å². The minimum Gasteiger partial charge on any atom is -0.469 e. The molecule has 3 fully saturated rings. The van der Waals surface area contributed by atoms with Crippen LogP contribution in [-0.2, 0) is 38.1 Å². The van der Waals surface area contributed by atoms with Gasteiger partial charge in [0, 0.05) is 12.2 Å². The Labute approximate surface area is 221 Å². The summed E-state index contributed by atoms with van der Waals surface area (Å²) in [6, 6.07) is 0. The number of fused-ring (bicyclic) bond motifs is 3. The average molecular weight is 545 g/mol. The lowest BCUT2D eigenvalue weighted by molar-refractivity contribution is -0.184. The fourth-order valence-electron chi connectivity index (χ4n) is 5.25. The number of carbonyl (C=O) groups excluding carboxylic acids is 3. The number of methoxy groups -OCH3 is 1. The summed E-state index contributed by atoms with van der Waals surface area (Å²) in [4.78, 5) is 39.1. The Balaban J connectivity index is 2.22. The van der Waals surface area contributed by atoms with Crippen molar-refractivity contribution >= 4 is 29.5 Å². The SMILES string of the molecule is C=C1C(=O)OC2C1C(OC(=O)C(=CC)CO)C(OCC(C)CC)C(C(=O)OC)C1CCC(CCl)(O1)C2O. The summed E-state index contributed by atoms with van der Waals surface area (Å²) >= 11 is 6.30. The predicted octanol–water partition coefficient (Wildman–Crippen LogP) is 1.69. The third-order valence-electron chi connectivity index (χ3n) is 7.78. The van der Waals surface area contributed by atoms with Gasteiger partial charge in [-0.25, -0.2) is 9.59 Å². The van der Waals surface area contributed by atoms with Gasteiger partial charge in [-0.3, -0.25) is 4.79 Å². The largest absolute Gasteiger partial charge is 0.469 e. The van der Waals surface area contributed by atoms with Crippen molar-refractivity contribution in [3.05, 3.63) is 23.8 Å². The number of carbonyl (C=O) groups is 3.